The average Bonchev–Trinajstić information content (AvgIpc) is 3.21. The van der Waals surface area contributed by atoms with Gasteiger partial charge in [0.05, 0.1) is 32.4 Å². The molecule has 1 aromatic heterocycles. The number of nitrogens with two attached hydrogens (primary N) is 1. The predicted octanol–water partition coefficient (Wildman–Crippen LogP) is 2.71. The lowest BCUT2D eigenvalue weighted by Crippen LogP contribution is -2.30. The van der Waals surface area contributed by atoms with E-state index in [-0.39, 0.29) is 12.6 Å². The molecule has 2 aliphatic heterocycles. The molecule has 5 rings (SSSR count). The van der Waals surface area contributed by atoms with E-state index >= 15 is 0 Å². The van der Waals surface area contributed by atoms with E-state index in [0.717, 1.165) is 46.7 Å². The van der Waals surface area contributed by atoms with Crippen LogP contribution in [-0.2, 0) is 16.3 Å². The van der Waals surface area contributed by atoms with Crippen LogP contribution in [0.4, 0.5) is 11.8 Å². The molecule has 2 atom stereocenters. The smallest absolute Gasteiger partial charge is 0.228 e. The van der Waals surface area contributed by atoms with Crippen molar-refractivity contribution in [3.05, 3.63) is 53.6 Å². The van der Waals surface area contributed by atoms with Crippen molar-refractivity contribution in [3.63, 3.8) is 0 Å². The number of hydrogen-bond donors (Lipinski definition) is 2. The Kier molecular flexibility index (Phi) is 6.42. The van der Waals surface area contributed by atoms with Crippen molar-refractivity contribution in [2.24, 2.45) is 10.1 Å². The number of rotatable bonds is 5. The number of fused-ring (bicyclic) bond motifs is 2. The quantitative estimate of drug-likeness (QED) is 0.541. The summed E-state index contributed by atoms with van der Waals surface area (Å²) in [5.41, 5.74) is 9.27. The Hall–Kier alpha value is -2.75. The highest BCUT2D eigenvalue weighted by Gasteiger charge is 2.28. The van der Waals surface area contributed by atoms with Crippen LogP contribution in [0, 0.1) is 6.92 Å². The van der Waals surface area contributed by atoms with Gasteiger partial charge in [0.1, 0.15) is 5.82 Å². The van der Waals surface area contributed by atoms with Crippen molar-refractivity contribution < 1.29 is 9.32 Å². The SMILES string of the molecule is Cc1ccc2nc(N3CCS(=O)(=NCCCO)c4ccccc4C3)nc(N3CC[C@@H](N)C3)c2c1. The molecule has 8 nitrogen and oxygen atoms in total. The third-order valence-corrected chi connectivity index (χ3v) is 8.98. The van der Waals surface area contributed by atoms with E-state index in [1.807, 2.05) is 24.3 Å². The predicted molar refractivity (Wildman–Crippen MR) is 137 cm³/mol. The van der Waals surface area contributed by atoms with Gasteiger partial charge in [0.15, 0.2) is 0 Å². The van der Waals surface area contributed by atoms with Gasteiger partial charge < -0.3 is 20.6 Å². The number of aliphatic hydroxyl groups excluding tert-OH is 1. The minimum absolute atomic E-state index is 0.0418. The van der Waals surface area contributed by atoms with Gasteiger partial charge in [-0.15, -0.1) is 0 Å². The molecule has 0 spiro atoms. The van der Waals surface area contributed by atoms with Crippen molar-refractivity contribution in [3.8, 4) is 0 Å². The highest BCUT2D eigenvalue weighted by atomic mass is 32.2. The Morgan fingerprint density at radius 1 is 1.18 bits per heavy atom. The summed E-state index contributed by atoms with van der Waals surface area (Å²) in [5.74, 6) is 1.96. The van der Waals surface area contributed by atoms with Crippen molar-refractivity contribution in [1.82, 2.24) is 9.97 Å². The molecule has 34 heavy (non-hydrogen) atoms. The fraction of sp³-hybridized carbons (Fsp3) is 0.440. The number of anilines is 2. The fourth-order valence-corrected chi connectivity index (χ4v) is 6.95. The number of aliphatic hydroxyl groups is 1. The number of aryl methyl sites for hydroxylation is 1. The van der Waals surface area contributed by atoms with Crippen LogP contribution in [0.25, 0.3) is 10.9 Å². The molecular weight excluding hydrogens is 448 g/mol. The van der Waals surface area contributed by atoms with Crippen LogP contribution in [0.15, 0.2) is 51.7 Å². The molecule has 3 aromatic rings. The van der Waals surface area contributed by atoms with Crippen molar-refractivity contribution in [2.75, 3.05) is 48.3 Å². The third kappa shape index (κ3) is 4.47. The summed E-state index contributed by atoms with van der Waals surface area (Å²) in [7, 11) is -2.59. The second-order valence-corrected chi connectivity index (χ2v) is 11.6. The number of aromatic nitrogens is 2. The highest BCUT2D eigenvalue weighted by Crippen LogP contribution is 2.32. The van der Waals surface area contributed by atoms with Gasteiger partial charge in [0.25, 0.3) is 0 Å². The molecule has 180 valence electrons. The third-order valence-electron chi connectivity index (χ3n) is 6.56. The number of nitrogens with zero attached hydrogens (tertiary/aromatic N) is 5. The van der Waals surface area contributed by atoms with Gasteiger partial charge in [-0.2, -0.15) is 4.98 Å². The van der Waals surface area contributed by atoms with E-state index in [0.29, 0.717) is 37.8 Å². The number of hydrogen-bond acceptors (Lipinski definition) is 8. The van der Waals surface area contributed by atoms with Crippen LogP contribution in [-0.4, -0.2) is 63.9 Å². The first kappa shape index (κ1) is 23.0. The van der Waals surface area contributed by atoms with E-state index in [2.05, 4.69) is 39.3 Å². The maximum atomic E-state index is 13.9. The molecule has 2 aliphatic rings. The Morgan fingerprint density at radius 3 is 2.82 bits per heavy atom. The van der Waals surface area contributed by atoms with Gasteiger partial charge in [-0.1, -0.05) is 29.8 Å². The van der Waals surface area contributed by atoms with Crippen LogP contribution in [0.5, 0.6) is 0 Å². The molecule has 0 radical (unpaired) electrons. The summed E-state index contributed by atoms with van der Waals surface area (Å²) in [4.78, 5) is 15.1. The average molecular weight is 481 g/mol. The first-order chi connectivity index (χ1) is 16.5. The summed E-state index contributed by atoms with van der Waals surface area (Å²) in [6, 6.07) is 14.2. The molecule has 0 amide bonds. The standard InChI is InChI=1S/C25H32N6O2S/c1-18-7-8-22-21(15-18)24(30-11-9-20(26)17-30)29-25(28-22)31-12-14-34(33,27-10-4-13-32)23-6-3-2-5-19(23)16-31/h2-3,5-8,15,20,32H,4,9-14,16-17,26H2,1H3/t20-,34?/m1/s1. The Labute approximate surface area is 201 Å². The number of benzene rings is 2. The first-order valence-electron chi connectivity index (χ1n) is 11.9. The van der Waals surface area contributed by atoms with Crippen LogP contribution in [0.2, 0.25) is 0 Å². The van der Waals surface area contributed by atoms with Crippen LogP contribution >= 0.6 is 0 Å². The fourth-order valence-electron chi connectivity index (χ4n) is 4.74. The molecule has 1 fully saturated rings. The van der Waals surface area contributed by atoms with E-state index in [1.54, 1.807) is 0 Å². The Morgan fingerprint density at radius 2 is 2.03 bits per heavy atom. The molecule has 3 N–H and O–H groups in total. The second-order valence-electron chi connectivity index (χ2n) is 9.17. The molecule has 9 heteroatoms. The van der Waals surface area contributed by atoms with Crippen molar-refractivity contribution in [2.45, 2.75) is 37.2 Å². The topological polar surface area (TPSA) is 108 Å². The molecule has 1 unspecified atom stereocenters. The molecule has 0 aliphatic carbocycles. The van der Waals surface area contributed by atoms with Gasteiger partial charge >= 0.3 is 0 Å². The second kappa shape index (κ2) is 9.48. The molecular formula is C25H32N6O2S. The lowest BCUT2D eigenvalue weighted by Gasteiger charge is -2.25. The molecule has 0 saturated carbocycles. The summed E-state index contributed by atoms with van der Waals surface area (Å²) in [6.07, 6.45) is 1.46. The molecule has 0 bridgehead atoms. The zero-order valence-electron chi connectivity index (χ0n) is 19.6. The molecule has 3 heterocycles. The van der Waals surface area contributed by atoms with E-state index in [4.69, 9.17) is 20.8 Å². The summed E-state index contributed by atoms with van der Waals surface area (Å²) < 4.78 is 18.5. The maximum absolute atomic E-state index is 13.9. The minimum Gasteiger partial charge on any atom is -0.396 e. The van der Waals surface area contributed by atoms with Gasteiger partial charge in [0.2, 0.25) is 5.95 Å². The monoisotopic (exact) mass is 480 g/mol. The van der Waals surface area contributed by atoms with Crippen LogP contribution in [0.1, 0.15) is 24.0 Å². The van der Waals surface area contributed by atoms with Gasteiger partial charge in [-0.05, 0) is 43.5 Å². The van der Waals surface area contributed by atoms with Gasteiger partial charge in [0, 0.05) is 44.2 Å². The lowest BCUT2D eigenvalue weighted by molar-refractivity contribution is 0.291. The van der Waals surface area contributed by atoms with Gasteiger partial charge in [-0.25, -0.2) is 13.6 Å². The van der Waals surface area contributed by atoms with Gasteiger partial charge in [-0.3, -0.25) is 0 Å². The summed E-state index contributed by atoms with van der Waals surface area (Å²) in [5, 5.41) is 10.2. The lowest BCUT2D eigenvalue weighted by atomic mass is 10.1. The normalized spacial score (nSPS) is 22.6. The zero-order valence-corrected chi connectivity index (χ0v) is 20.4. The van der Waals surface area contributed by atoms with Crippen molar-refractivity contribution in [1.29, 1.82) is 0 Å². The van der Waals surface area contributed by atoms with Crippen LogP contribution in [0.3, 0.4) is 0 Å². The van der Waals surface area contributed by atoms with E-state index in [1.165, 1.54) is 5.56 Å². The van der Waals surface area contributed by atoms with Crippen LogP contribution < -0.4 is 15.5 Å². The summed E-state index contributed by atoms with van der Waals surface area (Å²) >= 11 is 0. The summed E-state index contributed by atoms with van der Waals surface area (Å²) in [6.45, 7) is 5.26. The van der Waals surface area contributed by atoms with E-state index < -0.39 is 9.73 Å². The molecule has 1 saturated heterocycles. The Balaban J connectivity index is 1.57. The zero-order chi connectivity index (χ0) is 23.7. The van der Waals surface area contributed by atoms with E-state index in [9.17, 15) is 4.21 Å². The molecule has 2 aromatic carbocycles. The largest absolute Gasteiger partial charge is 0.396 e. The minimum atomic E-state index is -2.59. The maximum Gasteiger partial charge on any atom is 0.228 e. The highest BCUT2D eigenvalue weighted by molar-refractivity contribution is 7.93. The van der Waals surface area contributed by atoms with Crippen molar-refractivity contribution >= 4 is 32.4 Å². The Bertz CT molecular complexity index is 1320. The first-order valence-corrected chi connectivity index (χ1v) is 13.6.